The van der Waals surface area contributed by atoms with Gasteiger partial charge in [0.25, 0.3) is 0 Å². The molecule has 0 radical (unpaired) electrons. The average Bonchev–Trinajstić information content (AvgIpc) is 2.39. The molecule has 0 aromatic heterocycles. The van der Waals surface area contributed by atoms with Gasteiger partial charge >= 0.3 is 0 Å². The van der Waals surface area contributed by atoms with Gasteiger partial charge in [0.05, 0.1) is 6.54 Å². The van der Waals surface area contributed by atoms with Crippen LogP contribution >= 0.6 is 0 Å². The Bertz CT molecular complexity index is 184. The molecule has 14 heavy (non-hydrogen) atoms. The van der Waals surface area contributed by atoms with E-state index in [0.29, 0.717) is 12.6 Å². The highest BCUT2D eigenvalue weighted by atomic mass is 16.1. The highest BCUT2D eigenvalue weighted by Crippen LogP contribution is 2.08. The molecule has 82 valence electrons. The molecular weight excluding hydrogens is 178 g/mol. The van der Waals surface area contributed by atoms with E-state index in [0.717, 1.165) is 13.0 Å². The van der Waals surface area contributed by atoms with Gasteiger partial charge in [0.15, 0.2) is 0 Å². The van der Waals surface area contributed by atoms with Gasteiger partial charge in [0, 0.05) is 13.1 Å². The summed E-state index contributed by atoms with van der Waals surface area (Å²) in [7, 11) is 3.83. The number of rotatable bonds is 3. The topological polar surface area (TPSA) is 44.4 Å². The fourth-order valence-electron chi connectivity index (χ4n) is 1.77. The molecule has 1 aliphatic rings. The zero-order valence-corrected chi connectivity index (χ0v) is 9.18. The highest BCUT2D eigenvalue weighted by Gasteiger charge is 2.14. The van der Waals surface area contributed by atoms with Gasteiger partial charge in [-0.3, -0.25) is 4.79 Å². The Kier molecular flexibility index (Phi) is 4.90. The van der Waals surface area contributed by atoms with Gasteiger partial charge in [-0.25, -0.2) is 0 Å². The molecule has 4 heteroatoms. The molecular formula is C10H21N3O. The van der Waals surface area contributed by atoms with Crippen LogP contribution in [0.3, 0.4) is 0 Å². The number of carbonyl (C=O) groups is 1. The van der Waals surface area contributed by atoms with Gasteiger partial charge < -0.3 is 15.5 Å². The van der Waals surface area contributed by atoms with E-state index < -0.39 is 0 Å². The molecule has 0 saturated carbocycles. The summed E-state index contributed by atoms with van der Waals surface area (Å²) in [5.74, 6) is 0.0719. The first-order valence-electron chi connectivity index (χ1n) is 5.35. The molecule has 2 N–H and O–H groups in total. The van der Waals surface area contributed by atoms with Crippen LogP contribution < -0.4 is 10.6 Å². The van der Waals surface area contributed by atoms with E-state index in [1.807, 2.05) is 0 Å². The van der Waals surface area contributed by atoms with E-state index in [4.69, 9.17) is 0 Å². The van der Waals surface area contributed by atoms with E-state index in [-0.39, 0.29) is 5.91 Å². The zero-order valence-electron chi connectivity index (χ0n) is 9.18. The summed E-state index contributed by atoms with van der Waals surface area (Å²) in [4.78, 5) is 13.4. The second-order valence-electron chi connectivity index (χ2n) is 3.99. The molecule has 1 aliphatic heterocycles. The van der Waals surface area contributed by atoms with Crippen LogP contribution in [0, 0.1) is 0 Å². The molecule has 0 bridgehead atoms. The van der Waals surface area contributed by atoms with Crippen molar-refractivity contribution in [3.8, 4) is 0 Å². The van der Waals surface area contributed by atoms with Crippen molar-refractivity contribution in [1.82, 2.24) is 15.5 Å². The Morgan fingerprint density at radius 1 is 1.43 bits per heavy atom. The second kappa shape index (κ2) is 5.98. The Hall–Kier alpha value is -0.610. The summed E-state index contributed by atoms with van der Waals surface area (Å²) in [6.07, 6.45) is 3.55. The Labute approximate surface area is 86.0 Å². The zero-order chi connectivity index (χ0) is 10.4. The lowest BCUT2D eigenvalue weighted by Crippen LogP contribution is -2.38. The number of carbonyl (C=O) groups excluding carboxylic acids is 1. The number of hydrogen-bond donors (Lipinski definition) is 2. The summed E-state index contributed by atoms with van der Waals surface area (Å²) in [5.41, 5.74) is 0. The predicted octanol–water partition coefficient (Wildman–Crippen LogP) is -0.194. The van der Waals surface area contributed by atoms with Gasteiger partial charge in [0.2, 0.25) is 5.91 Å². The first-order valence-corrected chi connectivity index (χ1v) is 5.35. The summed E-state index contributed by atoms with van der Waals surface area (Å²) in [6, 6.07) is 0.511. The molecule has 0 aromatic rings. The number of nitrogens with zero attached hydrogens (tertiary/aromatic N) is 1. The van der Waals surface area contributed by atoms with Crippen molar-refractivity contribution in [2.75, 3.05) is 33.7 Å². The van der Waals surface area contributed by atoms with Crippen molar-refractivity contribution < 1.29 is 4.79 Å². The number of likely N-dealkylation sites (N-methyl/N-ethyl adjacent to an activating group) is 1. The first kappa shape index (κ1) is 11.5. The van der Waals surface area contributed by atoms with Crippen molar-refractivity contribution in [3.63, 3.8) is 0 Å². The van der Waals surface area contributed by atoms with E-state index in [1.165, 1.54) is 19.4 Å². The summed E-state index contributed by atoms with van der Waals surface area (Å²) >= 11 is 0. The molecule has 1 fully saturated rings. The molecule has 1 rings (SSSR count). The van der Waals surface area contributed by atoms with Crippen molar-refractivity contribution in [2.45, 2.75) is 25.3 Å². The first-order chi connectivity index (χ1) is 6.72. The van der Waals surface area contributed by atoms with Crippen molar-refractivity contribution in [2.24, 2.45) is 0 Å². The molecule has 0 aromatic carbocycles. The highest BCUT2D eigenvalue weighted by molar-refractivity contribution is 5.77. The van der Waals surface area contributed by atoms with Crippen molar-refractivity contribution >= 4 is 5.91 Å². The second-order valence-corrected chi connectivity index (χ2v) is 3.99. The quantitative estimate of drug-likeness (QED) is 0.662. The minimum absolute atomic E-state index is 0.0719. The largest absolute Gasteiger partial charge is 0.358 e. The van der Waals surface area contributed by atoms with Crippen LogP contribution in [0.4, 0.5) is 0 Å². The molecule has 1 atom stereocenters. The Balaban J connectivity index is 2.20. The monoisotopic (exact) mass is 199 g/mol. The van der Waals surface area contributed by atoms with E-state index in [2.05, 4.69) is 22.6 Å². The van der Waals surface area contributed by atoms with Gasteiger partial charge in [-0.1, -0.05) is 0 Å². The molecule has 1 amide bonds. The van der Waals surface area contributed by atoms with Crippen LogP contribution in [0.5, 0.6) is 0 Å². The maximum absolute atomic E-state index is 11.0. The normalized spacial score (nSPS) is 24.3. The van der Waals surface area contributed by atoms with Gasteiger partial charge in [-0.15, -0.1) is 0 Å². The predicted molar refractivity (Wildman–Crippen MR) is 57.2 cm³/mol. The number of nitrogens with one attached hydrogen (secondary N) is 2. The van der Waals surface area contributed by atoms with Crippen LogP contribution in [0.25, 0.3) is 0 Å². The Morgan fingerprint density at radius 2 is 2.21 bits per heavy atom. The van der Waals surface area contributed by atoms with Crippen LogP contribution in [0.2, 0.25) is 0 Å². The van der Waals surface area contributed by atoms with E-state index in [9.17, 15) is 4.79 Å². The third-order valence-electron chi connectivity index (χ3n) is 2.78. The third-order valence-corrected chi connectivity index (χ3v) is 2.78. The number of hydrogen-bond acceptors (Lipinski definition) is 3. The van der Waals surface area contributed by atoms with Crippen LogP contribution in [-0.4, -0.2) is 50.6 Å². The van der Waals surface area contributed by atoms with E-state index in [1.54, 1.807) is 7.05 Å². The number of amides is 1. The standard InChI is InChI=1S/C10H21N3O/c1-11-10(14)8-12-9-4-3-6-13(2)7-5-9/h9,12H,3-8H2,1-2H3,(H,11,14). The van der Waals surface area contributed by atoms with Crippen molar-refractivity contribution in [1.29, 1.82) is 0 Å². The fourth-order valence-corrected chi connectivity index (χ4v) is 1.77. The lowest BCUT2D eigenvalue weighted by atomic mass is 10.1. The third kappa shape index (κ3) is 4.07. The molecule has 1 saturated heterocycles. The molecule has 4 nitrogen and oxygen atoms in total. The van der Waals surface area contributed by atoms with E-state index >= 15 is 0 Å². The lowest BCUT2D eigenvalue weighted by Gasteiger charge is -2.15. The molecule has 1 heterocycles. The van der Waals surface area contributed by atoms with Crippen LogP contribution in [0.1, 0.15) is 19.3 Å². The number of likely N-dealkylation sites (tertiary alicyclic amines) is 1. The minimum Gasteiger partial charge on any atom is -0.358 e. The summed E-state index contributed by atoms with van der Waals surface area (Å²) in [5, 5.41) is 5.91. The summed E-state index contributed by atoms with van der Waals surface area (Å²) < 4.78 is 0. The minimum atomic E-state index is 0.0719. The van der Waals surface area contributed by atoms with Crippen LogP contribution in [-0.2, 0) is 4.79 Å². The smallest absolute Gasteiger partial charge is 0.233 e. The maximum atomic E-state index is 11.0. The average molecular weight is 199 g/mol. The van der Waals surface area contributed by atoms with Crippen LogP contribution in [0.15, 0.2) is 0 Å². The van der Waals surface area contributed by atoms with Gasteiger partial charge in [-0.05, 0) is 39.4 Å². The van der Waals surface area contributed by atoms with Crippen molar-refractivity contribution in [3.05, 3.63) is 0 Å². The maximum Gasteiger partial charge on any atom is 0.233 e. The Morgan fingerprint density at radius 3 is 2.93 bits per heavy atom. The fraction of sp³-hybridized carbons (Fsp3) is 0.900. The summed E-state index contributed by atoms with van der Waals surface area (Å²) in [6.45, 7) is 2.76. The molecule has 1 unspecified atom stereocenters. The molecule has 0 spiro atoms. The molecule has 0 aliphatic carbocycles. The lowest BCUT2D eigenvalue weighted by molar-refractivity contribution is -0.119. The van der Waals surface area contributed by atoms with Gasteiger partial charge in [0.1, 0.15) is 0 Å². The van der Waals surface area contributed by atoms with Gasteiger partial charge in [-0.2, -0.15) is 0 Å². The SMILES string of the molecule is CNC(=O)CNC1CCCN(C)CC1.